The van der Waals surface area contributed by atoms with Crippen LogP contribution in [0.2, 0.25) is 0 Å². The van der Waals surface area contributed by atoms with Gasteiger partial charge in [0, 0.05) is 5.39 Å². The smallest absolute Gasteiger partial charge is 0.0706 e. The zero-order valence-corrected chi connectivity index (χ0v) is 11.1. The molecular formula is C15H21N3. The summed E-state index contributed by atoms with van der Waals surface area (Å²) in [5, 5.41) is 1.17. The molecule has 1 unspecified atom stereocenters. The average molecular weight is 243 g/mol. The monoisotopic (exact) mass is 243 g/mol. The molecule has 1 atom stereocenters. The first-order valence-corrected chi connectivity index (χ1v) is 6.52. The van der Waals surface area contributed by atoms with Gasteiger partial charge in [0.15, 0.2) is 0 Å². The van der Waals surface area contributed by atoms with Crippen molar-refractivity contribution in [1.29, 1.82) is 0 Å². The summed E-state index contributed by atoms with van der Waals surface area (Å²) in [6, 6.07) is 12.5. The molecule has 2 rings (SSSR count). The van der Waals surface area contributed by atoms with E-state index in [1.165, 1.54) is 5.39 Å². The van der Waals surface area contributed by atoms with Gasteiger partial charge in [0.1, 0.15) is 0 Å². The Hall–Kier alpha value is -1.45. The minimum atomic E-state index is 0.136. The summed E-state index contributed by atoms with van der Waals surface area (Å²) in [7, 11) is 0. The van der Waals surface area contributed by atoms with E-state index in [2.05, 4.69) is 42.5 Å². The van der Waals surface area contributed by atoms with Crippen LogP contribution < -0.4 is 11.3 Å². The summed E-state index contributed by atoms with van der Waals surface area (Å²) in [6.45, 7) is 4.45. The maximum absolute atomic E-state index is 5.65. The van der Waals surface area contributed by atoms with Crippen LogP contribution in [0.3, 0.4) is 0 Å². The van der Waals surface area contributed by atoms with Gasteiger partial charge in [-0.3, -0.25) is 16.3 Å². The Morgan fingerprint density at radius 3 is 2.61 bits per heavy atom. The van der Waals surface area contributed by atoms with Gasteiger partial charge in [0.25, 0.3) is 0 Å². The van der Waals surface area contributed by atoms with Crippen molar-refractivity contribution in [2.45, 2.75) is 32.7 Å². The number of hydrogen-bond acceptors (Lipinski definition) is 3. The molecule has 3 N–H and O–H groups in total. The average Bonchev–Trinajstić information content (AvgIpc) is 2.39. The van der Waals surface area contributed by atoms with Crippen molar-refractivity contribution in [2.24, 2.45) is 11.8 Å². The third-order valence-corrected chi connectivity index (χ3v) is 3.21. The fourth-order valence-electron chi connectivity index (χ4n) is 2.09. The van der Waals surface area contributed by atoms with Gasteiger partial charge >= 0.3 is 0 Å². The summed E-state index contributed by atoms with van der Waals surface area (Å²) in [5.74, 6) is 6.33. The van der Waals surface area contributed by atoms with Crippen LogP contribution >= 0.6 is 0 Å². The Labute approximate surface area is 108 Å². The van der Waals surface area contributed by atoms with Gasteiger partial charge < -0.3 is 0 Å². The predicted molar refractivity (Wildman–Crippen MR) is 75.9 cm³/mol. The molecule has 3 heteroatoms. The third-order valence-electron chi connectivity index (χ3n) is 3.21. The number of hydrazine groups is 1. The fourth-order valence-corrected chi connectivity index (χ4v) is 2.09. The van der Waals surface area contributed by atoms with Crippen molar-refractivity contribution >= 4 is 10.9 Å². The Kier molecular flexibility index (Phi) is 4.28. The number of benzene rings is 1. The molecule has 0 spiro atoms. The molecule has 0 aliphatic carbocycles. The molecule has 0 fully saturated rings. The van der Waals surface area contributed by atoms with Crippen molar-refractivity contribution in [1.82, 2.24) is 10.4 Å². The highest BCUT2D eigenvalue weighted by Gasteiger charge is 2.12. The number of para-hydroxylation sites is 1. The second-order valence-electron chi connectivity index (χ2n) is 5.12. The van der Waals surface area contributed by atoms with Crippen LogP contribution in [-0.4, -0.2) is 4.98 Å². The van der Waals surface area contributed by atoms with Gasteiger partial charge in [-0.15, -0.1) is 0 Å². The number of nitrogens with two attached hydrogens (primary N) is 1. The van der Waals surface area contributed by atoms with E-state index in [-0.39, 0.29) is 6.04 Å². The molecule has 18 heavy (non-hydrogen) atoms. The molecule has 0 amide bonds. The van der Waals surface area contributed by atoms with Crippen LogP contribution in [0.4, 0.5) is 0 Å². The Bertz CT molecular complexity index is 508. The molecule has 0 aliphatic rings. The summed E-state index contributed by atoms with van der Waals surface area (Å²) in [5.41, 5.74) is 4.93. The number of rotatable bonds is 5. The molecular weight excluding hydrogens is 222 g/mol. The van der Waals surface area contributed by atoms with Crippen LogP contribution in [-0.2, 0) is 0 Å². The number of nitrogens with zero attached hydrogens (tertiary/aromatic N) is 1. The minimum absolute atomic E-state index is 0.136. The number of nitrogens with one attached hydrogen (secondary N) is 1. The molecule has 1 heterocycles. The molecule has 96 valence electrons. The van der Waals surface area contributed by atoms with E-state index in [0.717, 1.165) is 24.1 Å². The molecule has 1 aromatic heterocycles. The highest BCUT2D eigenvalue weighted by molar-refractivity contribution is 5.78. The van der Waals surface area contributed by atoms with E-state index in [1.807, 2.05) is 18.2 Å². The lowest BCUT2D eigenvalue weighted by Crippen LogP contribution is -2.29. The quantitative estimate of drug-likeness (QED) is 0.626. The van der Waals surface area contributed by atoms with E-state index in [1.54, 1.807) is 0 Å². The van der Waals surface area contributed by atoms with Gasteiger partial charge in [-0.25, -0.2) is 0 Å². The number of aromatic nitrogens is 1. The number of hydrogen-bond donors (Lipinski definition) is 2. The standard InChI is InChI=1S/C15H21N3/c1-11(2)7-9-15(18-16)14-10-8-12-5-3-4-6-13(12)17-14/h3-6,8,10-11,15,18H,7,9,16H2,1-2H3. The van der Waals surface area contributed by atoms with E-state index < -0.39 is 0 Å². The second-order valence-corrected chi connectivity index (χ2v) is 5.12. The number of fused-ring (bicyclic) bond motifs is 1. The van der Waals surface area contributed by atoms with E-state index in [4.69, 9.17) is 5.84 Å². The molecule has 0 saturated heterocycles. The fraction of sp³-hybridized carbons (Fsp3) is 0.400. The van der Waals surface area contributed by atoms with Gasteiger partial charge in [-0.2, -0.15) is 0 Å². The molecule has 0 bridgehead atoms. The first kappa shape index (κ1) is 13.0. The van der Waals surface area contributed by atoms with Crippen molar-refractivity contribution in [3.8, 4) is 0 Å². The van der Waals surface area contributed by atoms with Gasteiger partial charge in [0.05, 0.1) is 17.3 Å². The summed E-state index contributed by atoms with van der Waals surface area (Å²) in [4.78, 5) is 4.68. The summed E-state index contributed by atoms with van der Waals surface area (Å²) < 4.78 is 0. The van der Waals surface area contributed by atoms with Crippen LogP contribution in [0.1, 0.15) is 38.4 Å². The zero-order valence-electron chi connectivity index (χ0n) is 11.1. The predicted octanol–water partition coefficient (Wildman–Crippen LogP) is 3.18. The lowest BCUT2D eigenvalue weighted by Gasteiger charge is -2.17. The molecule has 0 saturated carbocycles. The van der Waals surface area contributed by atoms with Gasteiger partial charge in [0.2, 0.25) is 0 Å². The molecule has 0 aliphatic heterocycles. The number of pyridine rings is 1. The third kappa shape index (κ3) is 3.06. The highest BCUT2D eigenvalue weighted by atomic mass is 15.2. The summed E-state index contributed by atoms with van der Waals surface area (Å²) in [6.07, 6.45) is 2.16. The van der Waals surface area contributed by atoms with Crippen LogP contribution in [0.5, 0.6) is 0 Å². The lowest BCUT2D eigenvalue weighted by atomic mass is 10.0. The van der Waals surface area contributed by atoms with Crippen LogP contribution in [0.15, 0.2) is 36.4 Å². The first-order chi connectivity index (χ1) is 8.70. The molecule has 2 aromatic rings. The maximum Gasteiger partial charge on any atom is 0.0706 e. The van der Waals surface area contributed by atoms with E-state index in [9.17, 15) is 0 Å². The van der Waals surface area contributed by atoms with Crippen molar-refractivity contribution in [3.63, 3.8) is 0 Å². The van der Waals surface area contributed by atoms with Crippen molar-refractivity contribution in [3.05, 3.63) is 42.1 Å². The van der Waals surface area contributed by atoms with Crippen molar-refractivity contribution in [2.75, 3.05) is 0 Å². The van der Waals surface area contributed by atoms with Crippen LogP contribution in [0, 0.1) is 5.92 Å². The minimum Gasteiger partial charge on any atom is -0.271 e. The topological polar surface area (TPSA) is 50.9 Å². The largest absolute Gasteiger partial charge is 0.271 e. The summed E-state index contributed by atoms with van der Waals surface area (Å²) >= 11 is 0. The normalized spacial score (nSPS) is 13.1. The van der Waals surface area contributed by atoms with Gasteiger partial charge in [-0.1, -0.05) is 38.1 Å². The first-order valence-electron chi connectivity index (χ1n) is 6.52. The molecule has 0 radical (unpaired) electrons. The van der Waals surface area contributed by atoms with E-state index >= 15 is 0 Å². The Morgan fingerprint density at radius 1 is 1.11 bits per heavy atom. The van der Waals surface area contributed by atoms with Gasteiger partial charge in [-0.05, 0) is 30.9 Å². The Morgan fingerprint density at radius 2 is 1.89 bits per heavy atom. The van der Waals surface area contributed by atoms with Crippen LogP contribution in [0.25, 0.3) is 10.9 Å². The SMILES string of the molecule is CC(C)CCC(NN)c1ccc2ccccc2n1. The molecule has 1 aromatic carbocycles. The Balaban J connectivity index is 2.22. The highest BCUT2D eigenvalue weighted by Crippen LogP contribution is 2.21. The zero-order chi connectivity index (χ0) is 13.0. The molecule has 3 nitrogen and oxygen atoms in total. The lowest BCUT2D eigenvalue weighted by molar-refractivity contribution is 0.442. The maximum atomic E-state index is 5.65. The van der Waals surface area contributed by atoms with Crippen molar-refractivity contribution < 1.29 is 0 Å². The van der Waals surface area contributed by atoms with E-state index in [0.29, 0.717) is 5.92 Å². The second kappa shape index (κ2) is 5.94.